The summed E-state index contributed by atoms with van der Waals surface area (Å²) in [6, 6.07) is 5.38. The number of H-pyrrole nitrogens is 1. The van der Waals surface area contributed by atoms with Crippen molar-refractivity contribution in [3.05, 3.63) is 30.2 Å². The number of thioether (sulfide) groups is 1. The molecular weight excluding hydrogens is 326 g/mol. The first-order chi connectivity index (χ1) is 11.7. The maximum absolute atomic E-state index is 12.6. The van der Waals surface area contributed by atoms with Crippen LogP contribution in [0.4, 0.5) is 0 Å². The predicted octanol–water partition coefficient (Wildman–Crippen LogP) is 1.92. The van der Waals surface area contributed by atoms with Gasteiger partial charge in [-0.15, -0.1) is 0 Å². The van der Waals surface area contributed by atoms with E-state index >= 15 is 0 Å². The Hall–Kier alpha value is -2.22. The number of hydrogen-bond acceptors (Lipinski definition) is 6. The van der Waals surface area contributed by atoms with Crippen molar-refractivity contribution in [3.8, 4) is 11.5 Å². The molecule has 2 aromatic rings. The molecule has 0 bridgehead atoms. The predicted molar refractivity (Wildman–Crippen MR) is 93.1 cm³/mol. The number of aromatic amines is 1. The van der Waals surface area contributed by atoms with Crippen LogP contribution in [-0.4, -0.2) is 69.0 Å². The highest BCUT2D eigenvalue weighted by atomic mass is 32.2. The summed E-state index contributed by atoms with van der Waals surface area (Å²) < 4.78 is 5.32. The van der Waals surface area contributed by atoms with Crippen LogP contribution in [-0.2, 0) is 0 Å². The second-order valence-electron chi connectivity index (χ2n) is 5.98. The summed E-state index contributed by atoms with van der Waals surface area (Å²) in [7, 11) is 0. The largest absolute Gasteiger partial charge is 0.463 e. The monoisotopic (exact) mass is 345 g/mol. The smallest absolute Gasteiger partial charge is 0.274 e. The highest BCUT2D eigenvalue weighted by Gasteiger charge is 2.28. The molecule has 4 heterocycles. The third-order valence-corrected chi connectivity index (χ3v) is 5.36. The normalized spacial score (nSPS) is 21.2. The standard InChI is InChI=1S/C16H19N5O2S/c1-11-10-17-16(24-11)21-6-4-20(5-7-21)15(22)13-9-12(18-19-13)14-3-2-8-23-14/h2-3,8-9,11H,4-7,10H2,1H3,(H,18,19)/t11-/m0/s1. The van der Waals surface area contributed by atoms with E-state index in [1.807, 2.05) is 28.8 Å². The number of nitrogens with one attached hydrogen (secondary N) is 1. The summed E-state index contributed by atoms with van der Waals surface area (Å²) in [6.07, 6.45) is 1.60. The highest BCUT2D eigenvalue weighted by molar-refractivity contribution is 8.14. The van der Waals surface area contributed by atoms with Gasteiger partial charge in [-0.25, -0.2) is 0 Å². The van der Waals surface area contributed by atoms with Gasteiger partial charge in [0.2, 0.25) is 0 Å². The molecule has 7 nitrogen and oxygen atoms in total. The number of amides is 1. The molecule has 2 aliphatic heterocycles. The lowest BCUT2D eigenvalue weighted by molar-refractivity contribution is 0.0687. The minimum absolute atomic E-state index is 0.0434. The van der Waals surface area contributed by atoms with Gasteiger partial charge in [-0.3, -0.25) is 14.9 Å². The van der Waals surface area contributed by atoms with Gasteiger partial charge in [-0.1, -0.05) is 18.7 Å². The Labute approximate surface area is 144 Å². The molecule has 1 atom stereocenters. The van der Waals surface area contributed by atoms with Gasteiger partial charge < -0.3 is 14.2 Å². The summed E-state index contributed by atoms with van der Waals surface area (Å²) in [5.74, 6) is 0.634. The Morgan fingerprint density at radius 1 is 1.38 bits per heavy atom. The van der Waals surface area contributed by atoms with Crippen molar-refractivity contribution in [2.45, 2.75) is 12.2 Å². The summed E-state index contributed by atoms with van der Waals surface area (Å²) >= 11 is 1.82. The van der Waals surface area contributed by atoms with E-state index in [-0.39, 0.29) is 5.91 Å². The topological polar surface area (TPSA) is 77.7 Å². The molecule has 24 heavy (non-hydrogen) atoms. The van der Waals surface area contributed by atoms with Gasteiger partial charge in [-0.2, -0.15) is 5.10 Å². The van der Waals surface area contributed by atoms with E-state index in [0.29, 0.717) is 35.5 Å². The van der Waals surface area contributed by atoms with Crippen LogP contribution < -0.4 is 0 Å². The molecule has 4 rings (SSSR count). The fourth-order valence-corrected chi connectivity index (χ4v) is 3.88. The highest BCUT2D eigenvalue weighted by Crippen LogP contribution is 2.24. The maximum atomic E-state index is 12.6. The van der Waals surface area contributed by atoms with Gasteiger partial charge in [0.05, 0.1) is 12.8 Å². The van der Waals surface area contributed by atoms with Crippen molar-refractivity contribution < 1.29 is 9.21 Å². The van der Waals surface area contributed by atoms with Gasteiger partial charge in [0.25, 0.3) is 5.91 Å². The lowest BCUT2D eigenvalue weighted by atomic mass is 10.2. The molecular formula is C16H19N5O2S. The van der Waals surface area contributed by atoms with E-state index in [2.05, 4.69) is 27.0 Å². The Balaban J connectivity index is 1.38. The summed E-state index contributed by atoms with van der Waals surface area (Å²) in [4.78, 5) is 21.3. The molecule has 0 radical (unpaired) electrons. The number of amidine groups is 1. The molecule has 8 heteroatoms. The average Bonchev–Trinajstić information content (AvgIpc) is 3.35. The van der Waals surface area contributed by atoms with Gasteiger partial charge in [0, 0.05) is 37.5 Å². The second-order valence-corrected chi connectivity index (χ2v) is 7.38. The maximum Gasteiger partial charge on any atom is 0.274 e. The lowest BCUT2D eigenvalue weighted by Crippen LogP contribution is -2.50. The number of carbonyl (C=O) groups is 1. The number of rotatable bonds is 2. The molecule has 0 aliphatic carbocycles. The third-order valence-electron chi connectivity index (χ3n) is 4.21. The van der Waals surface area contributed by atoms with Crippen molar-refractivity contribution in [3.63, 3.8) is 0 Å². The van der Waals surface area contributed by atoms with Crippen LogP contribution in [0.3, 0.4) is 0 Å². The minimum Gasteiger partial charge on any atom is -0.463 e. The molecule has 1 saturated heterocycles. The molecule has 126 valence electrons. The first kappa shape index (κ1) is 15.3. The second kappa shape index (κ2) is 6.35. The number of carbonyl (C=O) groups excluding carboxylic acids is 1. The quantitative estimate of drug-likeness (QED) is 0.900. The molecule has 0 saturated carbocycles. The van der Waals surface area contributed by atoms with Gasteiger partial charge in [0.1, 0.15) is 5.69 Å². The molecule has 2 aliphatic rings. The Bertz CT molecular complexity index is 746. The number of nitrogens with zero attached hydrogens (tertiary/aromatic N) is 4. The van der Waals surface area contributed by atoms with Gasteiger partial charge >= 0.3 is 0 Å². The summed E-state index contributed by atoms with van der Waals surface area (Å²) in [5.41, 5.74) is 1.14. The summed E-state index contributed by atoms with van der Waals surface area (Å²) in [6.45, 7) is 6.10. The fraction of sp³-hybridized carbons (Fsp3) is 0.438. The van der Waals surface area contributed by atoms with Crippen LogP contribution in [0.5, 0.6) is 0 Å². The molecule has 0 unspecified atom stereocenters. The zero-order valence-corrected chi connectivity index (χ0v) is 14.3. The van der Waals surface area contributed by atoms with Gasteiger partial charge in [-0.05, 0) is 12.1 Å². The number of piperazine rings is 1. The van der Waals surface area contributed by atoms with Crippen LogP contribution in [0.1, 0.15) is 17.4 Å². The van der Waals surface area contributed by atoms with Crippen LogP contribution in [0.2, 0.25) is 0 Å². The molecule has 1 amide bonds. The molecule has 0 spiro atoms. The van der Waals surface area contributed by atoms with E-state index in [1.54, 1.807) is 12.3 Å². The van der Waals surface area contributed by atoms with Crippen molar-refractivity contribution in [1.82, 2.24) is 20.0 Å². The van der Waals surface area contributed by atoms with Crippen molar-refractivity contribution in [2.24, 2.45) is 4.99 Å². The Morgan fingerprint density at radius 2 is 2.21 bits per heavy atom. The SMILES string of the molecule is C[C@H]1CN=C(N2CCN(C(=O)c3cc(-c4ccco4)[nH]n3)CC2)S1. The number of furan rings is 1. The summed E-state index contributed by atoms with van der Waals surface area (Å²) in [5, 5.41) is 8.68. The van der Waals surface area contributed by atoms with Crippen LogP contribution in [0, 0.1) is 0 Å². The average molecular weight is 345 g/mol. The van der Waals surface area contributed by atoms with Crippen LogP contribution in [0.25, 0.3) is 11.5 Å². The molecule has 2 aromatic heterocycles. The van der Waals surface area contributed by atoms with Crippen LogP contribution in [0.15, 0.2) is 33.9 Å². The number of hydrogen-bond donors (Lipinski definition) is 1. The van der Waals surface area contributed by atoms with Crippen molar-refractivity contribution >= 4 is 22.8 Å². The van der Waals surface area contributed by atoms with E-state index in [1.165, 1.54) is 0 Å². The number of aliphatic imine (C=N–C) groups is 1. The first-order valence-electron chi connectivity index (χ1n) is 8.05. The first-order valence-corrected chi connectivity index (χ1v) is 8.93. The number of aromatic nitrogens is 2. The zero-order valence-electron chi connectivity index (χ0n) is 13.4. The van der Waals surface area contributed by atoms with E-state index < -0.39 is 0 Å². The minimum atomic E-state index is -0.0434. The zero-order chi connectivity index (χ0) is 16.5. The lowest BCUT2D eigenvalue weighted by Gasteiger charge is -2.35. The van der Waals surface area contributed by atoms with Crippen LogP contribution >= 0.6 is 11.8 Å². The fourth-order valence-electron chi connectivity index (χ4n) is 2.89. The Morgan fingerprint density at radius 3 is 2.88 bits per heavy atom. The molecule has 1 fully saturated rings. The van der Waals surface area contributed by atoms with E-state index in [4.69, 9.17) is 4.42 Å². The Kier molecular flexibility index (Phi) is 4.05. The van der Waals surface area contributed by atoms with E-state index in [9.17, 15) is 4.79 Å². The van der Waals surface area contributed by atoms with Crippen molar-refractivity contribution in [2.75, 3.05) is 32.7 Å². The van der Waals surface area contributed by atoms with Gasteiger partial charge in [0.15, 0.2) is 16.6 Å². The molecule has 0 aromatic carbocycles. The van der Waals surface area contributed by atoms with Crippen molar-refractivity contribution in [1.29, 1.82) is 0 Å². The third kappa shape index (κ3) is 2.93. The molecule has 1 N–H and O–H groups in total. The van der Waals surface area contributed by atoms with E-state index in [0.717, 1.165) is 24.8 Å².